The summed E-state index contributed by atoms with van der Waals surface area (Å²) in [7, 11) is 3.15. The van der Waals surface area contributed by atoms with Crippen LogP contribution in [0.1, 0.15) is 15.9 Å². The van der Waals surface area contributed by atoms with Gasteiger partial charge in [-0.1, -0.05) is 6.07 Å². The maximum atomic E-state index is 10.7. The van der Waals surface area contributed by atoms with Crippen LogP contribution in [0.25, 0.3) is 0 Å². The van der Waals surface area contributed by atoms with Crippen LogP contribution in [-0.4, -0.2) is 20.5 Å². The summed E-state index contributed by atoms with van der Waals surface area (Å²) in [5.74, 6) is 2.34. The minimum absolute atomic E-state index is 0.513. The fourth-order valence-electron chi connectivity index (χ4n) is 1.89. The van der Waals surface area contributed by atoms with E-state index in [1.54, 1.807) is 44.6 Å². The number of para-hydroxylation sites is 1. The molecule has 0 aliphatic heterocycles. The highest BCUT2D eigenvalue weighted by Gasteiger charge is 2.13. The highest BCUT2D eigenvalue weighted by Crippen LogP contribution is 2.40. The number of aryl methyl sites for hydroxylation is 1. The van der Waals surface area contributed by atoms with Crippen molar-refractivity contribution in [2.45, 2.75) is 6.92 Å². The fraction of sp³-hybridized carbons (Fsp3) is 0.188. The lowest BCUT2D eigenvalue weighted by Gasteiger charge is -2.15. The number of benzene rings is 2. The molecule has 2 aromatic rings. The number of ether oxygens (including phenoxy) is 3. The van der Waals surface area contributed by atoms with E-state index in [1.807, 2.05) is 13.0 Å². The monoisotopic (exact) mass is 272 g/mol. The molecule has 0 aliphatic carbocycles. The Bertz CT molecular complexity index is 598. The maximum absolute atomic E-state index is 10.7. The largest absolute Gasteiger partial charge is 0.493 e. The fourth-order valence-corrected chi connectivity index (χ4v) is 1.89. The molecule has 20 heavy (non-hydrogen) atoms. The second-order valence-corrected chi connectivity index (χ2v) is 4.24. The first-order chi connectivity index (χ1) is 9.69. The van der Waals surface area contributed by atoms with Crippen LogP contribution in [0, 0.1) is 6.92 Å². The lowest BCUT2D eigenvalue weighted by Crippen LogP contribution is -1.96. The van der Waals surface area contributed by atoms with E-state index < -0.39 is 0 Å². The van der Waals surface area contributed by atoms with Crippen LogP contribution < -0.4 is 14.2 Å². The van der Waals surface area contributed by atoms with E-state index in [4.69, 9.17) is 14.2 Å². The van der Waals surface area contributed by atoms with Crippen molar-refractivity contribution in [3.8, 4) is 23.0 Å². The van der Waals surface area contributed by atoms with Gasteiger partial charge >= 0.3 is 0 Å². The summed E-state index contributed by atoms with van der Waals surface area (Å²) in [5, 5.41) is 0. The van der Waals surface area contributed by atoms with E-state index in [2.05, 4.69) is 0 Å². The van der Waals surface area contributed by atoms with Crippen LogP contribution in [0.15, 0.2) is 36.4 Å². The molecule has 104 valence electrons. The highest BCUT2D eigenvalue weighted by molar-refractivity contribution is 5.75. The molecule has 4 nitrogen and oxygen atoms in total. The number of carbonyl (C=O) groups is 1. The summed E-state index contributed by atoms with van der Waals surface area (Å²) in [4.78, 5) is 10.7. The zero-order valence-electron chi connectivity index (χ0n) is 11.7. The van der Waals surface area contributed by atoms with Crippen molar-refractivity contribution in [1.29, 1.82) is 0 Å². The van der Waals surface area contributed by atoms with Crippen molar-refractivity contribution in [2.24, 2.45) is 0 Å². The van der Waals surface area contributed by atoms with Gasteiger partial charge in [-0.2, -0.15) is 0 Å². The van der Waals surface area contributed by atoms with Crippen LogP contribution in [0.2, 0.25) is 0 Å². The SMILES string of the molecule is COc1cccc(OC)c1Oc1ccc(C=O)cc1C. The molecule has 0 saturated carbocycles. The van der Waals surface area contributed by atoms with E-state index in [0.717, 1.165) is 11.8 Å². The molecule has 2 rings (SSSR count). The predicted molar refractivity (Wildman–Crippen MR) is 76.2 cm³/mol. The predicted octanol–water partition coefficient (Wildman–Crippen LogP) is 3.62. The molecule has 0 amide bonds. The number of hydrogen-bond donors (Lipinski definition) is 0. The number of hydrogen-bond acceptors (Lipinski definition) is 4. The molecule has 0 unspecified atom stereocenters. The third kappa shape index (κ3) is 2.74. The number of aldehydes is 1. The third-order valence-corrected chi connectivity index (χ3v) is 2.93. The topological polar surface area (TPSA) is 44.8 Å². The quantitative estimate of drug-likeness (QED) is 0.780. The summed E-state index contributed by atoms with van der Waals surface area (Å²) in [6.45, 7) is 1.88. The molecule has 0 spiro atoms. The Morgan fingerprint density at radius 1 is 0.950 bits per heavy atom. The molecule has 0 radical (unpaired) electrons. The van der Waals surface area contributed by atoms with Gasteiger partial charge in [-0.05, 0) is 42.8 Å². The van der Waals surface area contributed by atoms with Gasteiger partial charge in [-0.25, -0.2) is 0 Å². The van der Waals surface area contributed by atoms with Crippen molar-refractivity contribution >= 4 is 6.29 Å². The van der Waals surface area contributed by atoms with Crippen molar-refractivity contribution in [3.63, 3.8) is 0 Å². The number of carbonyl (C=O) groups excluding carboxylic acids is 1. The summed E-state index contributed by atoms with van der Waals surface area (Å²) in [6, 6.07) is 10.7. The highest BCUT2D eigenvalue weighted by atomic mass is 16.5. The summed E-state index contributed by atoms with van der Waals surface area (Å²) in [6.07, 6.45) is 0.806. The van der Waals surface area contributed by atoms with Gasteiger partial charge in [0.15, 0.2) is 11.5 Å². The molecule has 0 aromatic heterocycles. The summed E-state index contributed by atoms with van der Waals surface area (Å²) >= 11 is 0. The minimum atomic E-state index is 0.513. The van der Waals surface area contributed by atoms with Crippen molar-refractivity contribution in [2.75, 3.05) is 14.2 Å². The molecular weight excluding hydrogens is 256 g/mol. The maximum Gasteiger partial charge on any atom is 0.211 e. The van der Waals surface area contributed by atoms with E-state index >= 15 is 0 Å². The van der Waals surface area contributed by atoms with Crippen molar-refractivity contribution < 1.29 is 19.0 Å². The second-order valence-electron chi connectivity index (χ2n) is 4.24. The van der Waals surface area contributed by atoms with E-state index in [0.29, 0.717) is 28.6 Å². The number of methoxy groups -OCH3 is 2. The van der Waals surface area contributed by atoms with Crippen LogP contribution in [0.3, 0.4) is 0 Å². The lowest BCUT2D eigenvalue weighted by molar-refractivity contribution is 0.112. The average Bonchev–Trinajstić information content (AvgIpc) is 2.49. The third-order valence-electron chi connectivity index (χ3n) is 2.93. The van der Waals surface area contributed by atoms with Gasteiger partial charge in [-0.3, -0.25) is 4.79 Å². The van der Waals surface area contributed by atoms with Gasteiger partial charge in [0.05, 0.1) is 14.2 Å². The van der Waals surface area contributed by atoms with Gasteiger partial charge in [-0.15, -0.1) is 0 Å². The van der Waals surface area contributed by atoms with Crippen LogP contribution >= 0.6 is 0 Å². The van der Waals surface area contributed by atoms with Crippen LogP contribution in [0.4, 0.5) is 0 Å². The molecule has 0 N–H and O–H groups in total. The molecule has 0 aliphatic rings. The number of rotatable bonds is 5. The van der Waals surface area contributed by atoms with Gasteiger partial charge in [0.25, 0.3) is 0 Å². The van der Waals surface area contributed by atoms with Crippen molar-refractivity contribution in [3.05, 3.63) is 47.5 Å². The van der Waals surface area contributed by atoms with Gasteiger partial charge in [0.2, 0.25) is 5.75 Å². The normalized spacial score (nSPS) is 9.95. The smallest absolute Gasteiger partial charge is 0.211 e. The zero-order valence-corrected chi connectivity index (χ0v) is 11.7. The summed E-state index contributed by atoms with van der Waals surface area (Å²) < 4.78 is 16.5. The Kier molecular flexibility index (Phi) is 4.25. The molecule has 0 bridgehead atoms. The Hall–Kier alpha value is -2.49. The molecule has 2 aromatic carbocycles. The zero-order chi connectivity index (χ0) is 14.5. The average molecular weight is 272 g/mol. The molecule has 0 fully saturated rings. The lowest BCUT2D eigenvalue weighted by atomic mass is 10.1. The first-order valence-electron chi connectivity index (χ1n) is 6.14. The Labute approximate surface area is 117 Å². The molecule has 0 heterocycles. The van der Waals surface area contributed by atoms with Crippen molar-refractivity contribution in [1.82, 2.24) is 0 Å². The van der Waals surface area contributed by atoms with Crippen LogP contribution in [-0.2, 0) is 0 Å². The Morgan fingerprint density at radius 3 is 2.10 bits per heavy atom. The minimum Gasteiger partial charge on any atom is -0.493 e. The van der Waals surface area contributed by atoms with Gasteiger partial charge < -0.3 is 14.2 Å². The van der Waals surface area contributed by atoms with E-state index in [1.165, 1.54) is 0 Å². The molecule has 0 atom stereocenters. The standard InChI is InChI=1S/C16H16O4/c1-11-9-12(10-17)7-8-13(11)20-16-14(18-2)5-4-6-15(16)19-3/h4-10H,1-3H3. The van der Waals surface area contributed by atoms with Gasteiger partial charge in [0.1, 0.15) is 12.0 Å². The first-order valence-corrected chi connectivity index (χ1v) is 6.14. The van der Waals surface area contributed by atoms with E-state index in [9.17, 15) is 4.79 Å². The molecule has 4 heteroatoms. The van der Waals surface area contributed by atoms with Gasteiger partial charge in [0, 0.05) is 5.56 Å². The molecular formula is C16H16O4. The van der Waals surface area contributed by atoms with E-state index in [-0.39, 0.29) is 0 Å². The summed E-state index contributed by atoms with van der Waals surface area (Å²) in [5.41, 5.74) is 1.48. The second kappa shape index (κ2) is 6.10. The van der Waals surface area contributed by atoms with Crippen LogP contribution in [0.5, 0.6) is 23.0 Å². The first kappa shape index (κ1) is 13.9. The Balaban J connectivity index is 2.41. The Morgan fingerprint density at radius 2 is 1.60 bits per heavy atom. The molecule has 0 saturated heterocycles.